The van der Waals surface area contributed by atoms with Crippen molar-refractivity contribution < 1.29 is 9.47 Å². The molecule has 0 unspecified atom stereocenters. The van der Waals surface area contributed by atoms with E-state index in [1.165, 1.54) is 11.6 Å². The Morgan fingerprint density at radius 2 is 1.41 bits per heavy atom. The first-order valence-electron chi connectivity index (χ1n) is 9.93. The second-order valence-corrected chi connectivity index (χ2v) is 7.44. The minimum Gasteiger partial charge on any atom is -0.497 e. The Morgan fingerprint density at radius 3 is 2.00 bits per heavy atom. The normalized spacial score (nSPS) is 11.4. The number of aromatic nitrogens is 5. The highest BCUT2D eigenvalue weighted by Gasteiger charge is 2.21. The molecule has 0 aliphatic rings. The summed E-state index contributed by atoms with van der Waals surface area (Å²) in [5.41, 5.74) is 2.44. The summed E-state index contributed by atoms with van der Waals surface area (Å²) < 4.78 is 16.7. The molecule has 9 nitrogen and oxygen atoms in total. The van der Waals surface area contributed by atoms with Gasteiger partial charge in [0.05, 0.1) is 19.9 Å². The van der Waals surface area contributed by atoms with Gasteiger partial charge in [-0.25, -0.2) is 4.79 Å². The molecule has 0 aliphatic carbocycles. The molecule has 0 N–H and O–H groups in total. The Balaban J connectivity index is 1.89. The minimum atomic E-state index is -0.422. The molecule has 0 amide bonds. The fourth-order valence-corrected chi connectivity index (χ4v) is 3.92. The lowest BCUT2D eigenvalue weighted by molar-refractivity contribution is 0.414. The fraction of sp³-hybridized carbons (Fsp3) is 0.174. The van der Waals surface area contributed by atoms with E-state index in [0.717, 1.165) is 33.0 Å². The van der Waals surface area contributed by atoms with E-state index in [0.29, 0.717) is 16.9 Å². The van der Waals surface area contributed by atoms with Crippen LogP contribution in [0.3, 0.4) is 0 Å². The average molecular weight is 431 g/mol. The number of hydrogen-bond donors (Lipinski definition) is 0. The van der Waals surface area contributed by atoms with E-state index in [-0.39, 0.29) is 0 Å². The first-order chi connectivity index (χ1) is 15.4. The molecular weight excluding hydrogens is 410 g/mol. The van der Waals surface area contributed by atoms with Crippen LogP contribution in [0.2, 0.25) is 0 Å². The lowest BCUT2D eigenvalue weighted by atomic mass is 10.1. The van der Waals surface area contributed by atoms with Crippen LogP contribution in [0.1, 0.15) is 0 Å². The molecule has 0 saturated carbocycles. The van der Waals surface area contributed by atoms with Gasteiger partial charge in [0, 0.05) is 31.5 Å². The number of ether oxygens (including phenoxy) is 2. The maximum absolute atomic E-state index is 13.0. The van der Waals surface area contributed by atoms with E-state index in [1.54, 1.807) is 25.7 Å². The molecule has 0 radical (unpaired) electrons. The van der Waals surface area contributed by atoms with Crippen molar-refractivity contribution in [2.75, 3.05) is 14.2 Å². The predicted molar refractivity (Wildman–Crippen MR) is 121 cm³/mol. The average Bonchev–Trinajstić information content (AvgIpc) is 3.38. The topological polar surface area (TPSA) is 84.7 Å². The molecule has 162 valence electrons. The van der Waals surface area contributed by atoms with Crippen molar-refractivity contribution in [2.45, 2.75) is 0 Å². The third-order valence-corrected chi connectivity index (χ3v) is 5.68. The van der Waals surface area contributed by atoms with E-state index >= 15 is 0 Å². The van der Waals surface area contributed by atoms with E-state index in [4.69, 9.17) is 14.5 Å². The van der Waals surface area contributed by atoms with Crippen LogP contribution < -0.4 is 20.7 Å². The third-order valence-electron chi connectivity index (χ3n) is 5.68. The van der Waals surface area contributed by atoms with Gasteiger partial charge in [0.25, 0.3) is 5.56 Å². The Hall–Kier alpha value is -4.27. The highest BCUT2D eigenvalue weighted by atomic mass is 16.5. The number of hydrogen-bond acceptors (Lipinski definition) is 5. The smallest absolute Gasteiger partial charge is 0.332 e. The van der Waals surface area contributed by atoms with Gasteiger partial charge in [0.1, 0.15) is 11.5 Å². The van der Waals surface area contributed by atoms with Crippen LogP contribution in [0.5, 0.6) is 11.5 Å². The number of fused-ring (bicyclic) bond motifs is 3. The molecular formula is C23H21N5O4. The van der Waals surface area contributed by atoms with Crippen LogP contribution in [0.15, 0.2) is 64.3 Å². The quantitative estimate of drug-likeness (QED) is 0.436. The van der Waals surface area contributed by atoms with Crippen molar-refractivity contribution >= 4 is 16.9 Å². The molecule has 3 aromatic heterocycles. The van der Waals surface area contributed by atoms with Gasteiger partial charge in [-0.2, -0.15) is 4.98 Å². The van der Waals surface area contributed by atoms with Crippen LogP contribution in [0.25, 0.3) is 33.9 Å². The Morgan fingerprint density at radius 1 is 0.812 bits per heavy atom. The van der Waals surface area contributed by atoms with Crippen molar-refractivity contribution in [3.05, 3.63) is 75.6 Å². The molecule has 0 saturated heterocycles. The van der Waals surface area contributed by atoms with Gasteiger partial charge in [-0.1, -0.05) is 0 Å². The molecule has 0 fully saturated rings. The summed E-state index contributed by atoms with van der Waals surface area (Å²) in [6, 6.07) is 15.2. The lowest BCUT2D eigenvalue weighted by Gasteiger charge is -2.10. The van der Waals surface area contributed by atoms with Gasteiger partial charge in [-0.3, -0.25) is 22.9 Å². The van der Waals surface area contributed by atoms with Crippen molar-refractivity contribution in [1.82, 2.24) is 23.1 Å². The minimum absolute atomic E-state index is 0.330. The van der Waals surface area contributed by atoms with Gasteiger partial charge < -0.3 is 9.47 Å². The van der Waals surface area contributed by atoms with Gasteiger partial charge in [-0.05, 0) is 48.5 Å². The van der Waals surface area contributed by atoms with E-state index < -0.39 is 11.2 Å². The molecule has 0 aliphatic heterocycles. The van der Waals surface area contributed by atoms with E-state index in [9.17, 15) is 9.59 Å². The fourth-order valence-electron chi connectivity index (χ4n) is 3.92. The highest BCUT2D eigenvalue weighted by Crippen LogP contribution is 2.30. The number of nitrogens with zero attached hydrogens (tertiary/aromatic N) is 5. The molecule has 3 heterocycles. The first-order valence-corrected chi connectivity index (χ1v) is 9.93. The van der Waals surface area contributed by atoms with Gasteiger partial charge in [0.15, 0.2) is 11.2 Å². The van der Waals surface area contributed by atoms with Crippen molar-refractivity contribution in [2.24, 2.45) is 14.1 Å². The zero-order chi connectivity index (χ0) is 22.6. The van der Waals surface area contributed by atoms with Crippen LogP contribution in [-0.4, -0.2) is 37.3 Å². The Bertz CT molecular complexity index is 1590. The number of methoxy groups -OCH3 is 2. The molecule has 9 heteroatoms. The first kappa shape index (κ1) is 19.7. The van der Waals surface area contributed by atoms with Crippen LogP contribution in [-0.2, 0) is 14.1 Å². The lowest BCUT2D eigenvalue weighted by Crippen LogP contribution is -2.37. The third kappa shape index (κ3) is 2.74. The maximum Gasteiger partial charge on any atom is 0.332 e. The molecule has 0 atom stereocenters. The summed E-state index contributed by atoms with van der Waals surface area (Å²) in [7, 11) is 6.31. The SMILES string of the molecule is COc1ccc(-c2cn3c4c(=O)n(C)c(=O)n(C)c4nc3n2-c2ccc(OC)cc2)cc1. The molecule has 5 rings (SSSR count). The molecule has 5 aromatic rings. The zero-order valence-electron chi connectivity index (χ0n) is 18.1. The molecule has 0 spiro atoms. The second-order valence-electron chi connectivity index (χ2n) is 7.44. The van der Waals surface area contributed by atoms with Crippen molar-refractivity contribution in [3.63, 3.8) is 0 Å². The molecule has 2 aromatic carbocycles. The number of benzene rings is 2. The summed E-state index contributed by atoms with van der Waals surface area (Å²) in [6.45, 7) is 0. The summed E-state index contributed by atoms with van der Waals surface area (Å²) >= 11 is 0. The molecule has 0 bridgehead atoms. The summed E-state index contributed by atoms with van der Waals surface area (Å²) in [4.78, 5) is 30.1. The Kier molecular flexibility index (Phi) is 4.40. The van der Waals surface area contributed by atoms with Gasteiger partial charge in [0.2, 0.25) is 5.78 Å². The van der Waals surface area contributed by atoms with Crippen molar-refractivity contribution in [3.8, 4) is 28.4 Å². The van der Waals surface area contributed by atoms with Crippen LogP contribution in [0, 0.1) is 0 Å². The number of rotatable bonds is 4. The van der Waals surface area contributed by atoms with Gasteiger partial charge >= 0.3 is 5.69 Å². The van der Waals surface area contributed by atoms with Crippen LogP contribution >= 0.6 is 0 Å². The second kappa shape index (κ2) is 7.16. The highest BCUT2D eigenvalue weighted by molar-refractivity contribution is 5.79. The summed E-state index contributed by atoms with van der Waals surface area (Å²) in [5.74, 6) is 2.00. The number of aryl methyl sites for hydroxylation is 1. The van der Waals surface area contributed by atoms with Gasteiger partial charge in [-0.15, -0.1) is 0 Å². The molecule has 32 heavy (non-hydrogen) atoms. The largest absolute Gasteiger partial charge is 0.497 e. The standard InChI is InChI=1S/C23H21N5O4/c1-25-20-19(21(29)26(2)23(25)30)27-13-18(14-5-9-16(31-3)10-6-14)28(22(27)24-20)15-7-11-17(32-4)12-8-15/h5-13H,1-4H3. The van der Waals surface area contributed by atoms with Crippen LogP contribution in [0.4, 0.5) is 0 Å². The van der Waals surface area contributed by atoms with E-state index in [2.05, 4.69) is 0 Å². The predicted octanol–water partition coefficient (Wildman–Crippen LogP) is 2.36. The van der Waals surface area contributed by atoms with Crippen molar-refractivity contribution in [1.29, 1.82) is 0 Å². The monoisotopic (exact) mass is 431 g/mol. The van der Waals surface area contributed by atoms with E-state index in [1.807, 2.05) is 59.3 Å². The zero-order valence-corrected chi connectivity index (χ0v) is 18.1. The summed E-state index contributed by atoms with van der Waals surface area (Å²) in [6.07, 6.45) is 1.86. The number of imidazole rings is 2. The summed E-state index contributed by atoms with van der Waals surface area (Å²) in [5, 5.41) is 0. The maximum atomic E-state index is 13.0. The Labute approximate surface area is 182 Å².